The fourth-order valence-corrected chi connectivity index (χ4v) is 2.39. The minimum atomic E-state index is -4.08. The Morgan fingerprint density at radius 1 is 1.42 bits per heavy atom. The zero-order chi connectivity index (χ0) is 14.6. The molecule has 0 spiro atoms. The van der Waals surface area contributed by atoms with Gasteiger partial charge in [-0.25, -0.2) is 17.5 Å². The van der Waals surface area contributed by atoms with Gasteiger partial charge in [0, 0.05) is 11.7 Å². The number of benzene rings is 1. The quantitative estimate of drug-likeness (QED) is 0.674. The lowest BCUT2D eigenvalue weighted by atomic mass is 10.3. The molecular weight excluding hydrogens is 273 g/mol. The van der Waals surface area contributed by atoms with E-state index in [1.165, 1.54) is 6.07 Å². The number of anilines is 1. The molecule has 1 aromatic carbocycles. The van der Waals surface area contributed by atoms with Crippen molar-refractivity contribution in [1.82, 2.24) is 10.0 Å². The molecule has 0 bridgehead atoms. The number of nitrogens with two attached hydrogens (primary N) is 1. The fraction of sp³-hybridized carbons (Fsp3) is 0.364. The average molecular weight is 289 g/mol. The summed E-state index contributed by atoms with van der Waals surface area (Å²) in [6, 6.07) is 3.12. The second-order valence-corrected chi connectivity index (χ2v) is 5.97. The van der Waals surface area contributed by atoms with Crippen LogP contribution >= 0.6 is 0 Å². The lowest BCUT2D eigenvalue weighted by molar-refractivity contribution is -0.120. The minimum absolute atomic E-state index is 0.106. The van der Waals surface area contributed by atoms with Crippen LogP contribution in [0.2, 0.25) is 0 Å². The maximum absolute atomic E-state index is 13.5. The van der Waals surface area contributed by atoms with E-state index < -0.39 is 33.2 Å². The Balaban J connectivity index is 2.79. The van der Waals surface area contributed by atoms with Gasteiger partial charge in [-0.15, -0.1) is 0 Å². The summed E-state index contributed by atoms with van der Waals surface area (Å²) in [5, 5.41) is 2.51. The lowest BCUT2D eigenvalue weighted by Crippen LogP contribution is -2.39. The third-order valence-electron chi connectivity index (χ3n) is 2.12. The monoisotopic (exact) mass is 289 g/mol. The molecule has 0 radical (unpaired) electrons. The Morgan fingerprint density at radius 3 is 2.58 bits per heavy atom. The summed E-state index contributed by atoms with van der Waals surface area (Å²) >= 11 is 0. The van der Waals surface area contributed by atoms with Crippen LogP contribution in [-0.4, -0.2) is 26.9 Å². The van der Waals surface area contributed by atoms with Crippen molar-refractivity contribution >= 4 is 21.6 Å². The minimum Gasteiger partial charge on any atom is -0.399 e. The highest BCUT2D eigenvalue weighted by atomic mass is 32.2. The molecule has 4 N–H and O–H groups in total. The van der Waals surface area contributed by atoms with Crippen molar-refractivity contribution < 1.29 is 17.6 Å². The highest BCUT2D eigenvalue weighted by Crippen LogP contribution is 2.16. The first kappa shape index (κ1) is 15.4. The van der Waals surface area contributed by atoms with Gasteiger partial charge in [0.2, 0.25) is 15.9 Å². The normalized spacial score (nSPS) is 11.6. The molecule has 1 rings (SSSR count). The summed E-state index contributed by atoms with van der Waals surface area (Å²) < 4.78 is 39.1. The molecule has 0 saturated carbocycles. The van der Waals surface area contributed by atoms with Gasteiger partial charge in [-0.1, -0.05) is 0 Å². The van der Waals surface area contributed by atoms with E-state index in [1.54, 1.807) is 13.8 Å². The predicted molar refractivity (Wildman–Crippen MR) is 69.3 cm³/mol. The van der Waals surface area contributed by atoms with Crippen molar-refractivity contribution in [2.75, 3.05) is 12.3 Å². The molecule has 1 amide bonds. The first-order valence-electron chi connectivity index (χ1n) is 5.56. The summed E-state index contributed by atoms with van der Waals surface area (Å²) in [7, 11) is -4.08. The Labute approximate surface area is 111 Å². The maximum Gasteiger partial charge on any atom is 0.243 e. The van der Waals surface area contributed by atoms with Crippen LogP contribution in [0.5, 0.6) is 0 Å². The second kappa shape index (κ2) is 5.98. The average Bonchev–Trinajstić information content (AvgIpc) is 2.25. The zero-order valence-electron chi connectivity index (χ0n) is 10.6. The molecule has 0 aliphatic heterocycles. The van der Waals surface area contributed by atoms with Crippen LogP contribution in [-0.2, 0) is 14.8 Å². The topological polar surface area (TPSA) is 101 Å². The van der Waals surface area contributed by atoms with Gasteiger partial charge in [-0.3, -0.25) is 4.79 Å². The molecule has 0 aliphatic rings. The molecule has 0 heterocycles. The van der Waals surface area contributed by atoms with Crippen molar-refractivity contribution in [3.8, 4) is 0 Å². The lowest BCUT2D eigenvalue weighted by Gasteiger charge is -2.10. The number of halogens is 1. The van der Waals surface area contributed by atoms with E-state index in [0.717, 1.165) is 12.1 Å². The molecule has 0 aromatic heterocycles. The van der Waals surface area contributed by atoms with Crippen LogP contribution < -0.4 is 15.8 Å². The van der Waals surface area contributed by atoms with E-state index in [9.17, 15) is 17.6 Å². The van der Waals surface area contributed by atoms with Crippen molar-refractivity contribution in [2.24, 2.45) is 0 Å². The molecule has 0 atom stereocenters. The Morgan fingerprint density at radius 2 is 2.05 bits per heavy atom. The van der Waals surface area contributed by atoms with Crippen LogP contribution in [0.3, 0.4) is 0 Å². The second-order valence-electron chi connectivity index (χ2n) is 4.24. The third-order valence-corrected chi connectivity index (χ3v) is 3.55. The number of hydrogen-bond donors (Lipinski definition) is 3. The van der Waals surface area contributed by atoms with E-state index in [1.807, 2.05) is 4.72 Å². The summed E-state index contributed by atoms with van der Waals surface area (Å²) in [6.07, 6.45) is 0. The van der Waals surface area contributed by atoms with E-state index in [-0.39, 0.29) is 11.7 Å². The van der Waals surface area contributed by atoms with Crippen LogP contribution in [0.1, 0.15) is 13.8 Å². The largest absolute Gasteiger partial charge is 0.399 e. The Bertz CT molecular complexity index is 573. The van der Waals surface area contributed by atoms with Gasteiger partial charge >= 0.3 is 0 Å². The Hall–Kier alpha value is -1.67. The first-order chi connectivity index (χ1) is 8.72. The zero-order valence-corrected chi connectivity index (χ0v) is 11.4. The number of hydrogen-bond acceptors (Lipinski definition) is 4. The third kappa shape index (κ3) is 4.49. The molecule has 19 heavy (non-hydrogen) atoms. The van der Waals surface area contributed by atoms with E-state index in [4.69, 9.17) is 5.73 Å². The smallest absolute Gasteiger partial charge is 0.243 e. The van der Waals surface area contributed by atoms with Gasteiger partial charge in [0.25, 0.3) is 0 Å². The van der Waals surface area contributed by atoms with E-state index in [0.29, 0.717) is 0 Å². The van der Waals surface area contributed by atoms with Crippen LogP contribution in [0.4, 0.5) is 10.1 Å². The summed E-state index contributed by atoms with van der Waals surface area (Å²) in [5.74, 6) is -1.45. The van der Waals surface area contributed by atoms with Crippen molar-refractivity contribution in [3.05, 3.63) is 24.0 Å². The van der Waals surface area contributed by atoms with E-state index >= 15 is 0 Å². The maximum atomic E-state index is 13.5. The van der Waals surface area contributed by atoms with Crippen molar-refractivity contribution in [2.45, 2.75) is 24.8 Å². The van der Waals surface area contributed by atoms with Crippen LogP contribution in [0.15, 0.2) is 23.1 Å². The van der Waals surface area contributed by atoms with Crippen molar-refractivity contribution in [3.63, 3.8) is 0 Å². The molecule has 8 heteroatoms. The number of carbonyl (C=O) groups excluding carboxylic acids is 1. The summed E-state index contributed by atoms with van der Waals surface area (Å²) in [6.45, 7) is 3.03. The number of nitrogen functional groups attached to an aromatic ring is 1. The molecule has 0 fully saturated rings. The number of rotatable bonds is 5. The van der Waals surface area contributed by atoms with Gasteiger partial charge in [-0.2, -0.15) is 0 Å². The standard InChI is InChI=1S/C11H16FN3O3S/c1-7(2)15-11(16)6-14-19(17,18)10-4-3-8(13)5-9(10)12/h3-5,7,14H,6,13H2,1-2H3,(H,15,16). The van der Waals surface area contributed by atoms with Gasteiger partial charge in [0.05, 0.1) is 6.54 Å². The molecule has 6 nitrogen and oxygen atoms in total. The van der Waals surface area contributed by atoms with Crippen LogP contribution in [0.25, 0.3) is 0 Å². The fourth-order valence-electron chi connectivity index (χ4n) is 1.35. The van der Waals surface area contributed by atoms with Gasteiger partial charge < -0.3 is 11.1 Å². The summed E-state index contributed by atoms with van der Waals surface area (Å²) in [5.41, 5.74) is 5.45. The van der Waals surface area contributed by atoms with Gasteiger partial charge in [0.1, 0.15) is 10.7 Å². The molecule has 0 aliphatic carbocycles. The highest BCUT2D eigenvalue weighted by Gasteiger charge is 2.20. The number of nitrogens with one attached hydrogen (secondary N) is 2. The highest BCUT2D eigenvalue weighted by molar-refractivity contribution is 7.89. The SMILES string of the molecule is CC(C)NC(=O)CNS(=O)(=O)c1ccc(N)cc1F. The summed E-state index contributed by atoms with van der Waals surface area (Å²) in [4.78, 5) is 10.8. The molecule has 106 valence electrons. The van der Waals surface area contributed by atoms with Gasteiger partial charge in [-0.05, 0) is 32.0 Å². The van der Waals surface area contributed by atoms with E-state index in [2.05, 4.69) is 5.32 Å². The molecule has 1 aromatic rings. The Kier molecular flexibility index (Phi) is 4.84. The van der Waals surface area contributed by atoms with Crippen LogP contribution in [0, 0.1) is 5.82 Å². The number of amides is 1. The molecule has 0 saturated heterocycles. The predicted octanol–water partition coefficient (Wildman–Crippen LogP) is 0.211. The molecule has 0 unspecified atom stereocenters. The number of sulfonamides is 1. The van der Waals surface area contributed by atoms with Gasteiger partial charge in [0.15, 0.2) is 0 Å². The molecular formula is C11H16FN3O3S. The number of carbonyl (C=O) groups is 1. The van der Waals surface area contributed by atoms with Crippen molar-refractivity contribution in [1.29, 1.82) is 0 Å². The first-order valence-corrected chi connectivity index (χ1v) is 7.05.